The SMILES string of the molecule is CCCC[C@H](NC(=O)[C@H](CO)NC(=O)[C@@H](N)CO)C(=O)N[C@H](C=O)CCC(=O)O. The maximum atomic E-state index is 12.5. The lowest BCUT2D eigenvalue weighted by Crippen LogP contribution is -2.58. The van der Waals surface area contributed by atoms with Crippen molar-refractivity contribution in [1.82, 2.24) is 16.0 Å². The predicted molar refractivity (Wildman–Crippen MR) is 100 cm³/mol. The second-order valence-corrected chi connectivity index (χ2v) is 6.42. The molecular formula is C17H30N4O8. The molecule has 29 heavy (non-hydrogen) atoms. The van der Waals surface area contributed by atoms with Crippen molar-refractivity contribution in [1.29, 1.82) is 0 Å². The summed E-state index contributed by atoms with van der Waals surface area (Å²) in [5, 5.41) is 33.8. The van der Waals surface area contributed by atoms with Gasteiger partial charge in [-0.15, -0.1) is 0 Å². The second-order valence-electron chi connectivity index (χ2n) is 6.42. The van der Waals surface area contributed by atoms with Crippen molar-refractivity contribution in [2.24, 2.45) is 5.73 Å². The summed E-state index contributed by atoms with van der Waals surface area (Å²) in [6, 6.07) is -4.77. The summed E-state index contributed by atoms with van der Waals surface area (Å²) < 4.78 is 0. The second kappa shape index (κ2) is 14.4. The Bertz CT molecular complexity index is 572. The third-order valence-electron chi connectivity index (χ3n) is 3.99. The maximum Gasteiger partial charge on any atom is 0.303 e. The van der Waals surface area contributed by atoms with Crippen LogP contribution in [-0.2, 0) is 24.0 Å². The highest BCUT2D eigenvalue weighted by molar-refractivity contribution is 5.93. The van der Waals surface area contributed by atoms with Crippen molar-refractivity contribution in [2.45, 2.75) is 63.2 Å². The average molecular weight is 418 g/mol. The van der Waals surface area contributed by atoms with Crippen LogP contribution in [0.4, 0.5) is 0 Å². The first-order valence-corrected chi connectivity index (χ1v) is 9.25. The summed E-state index contributed by atoms with van der Waals surface area (Å²) in [6.45, 7) is 0.439. The largest absolute Gasteiger partial charge is 0.481 e. The molecule has 12 heteroatoms. The third kappa shape index (κ3) is 10.5. The maximum absolute atomic E-state index is 12.5. The van der Waals surface area contributed by atoms with E-state index >= 15 is 0 Å². The Morgan fingerprint density at radius 3 is 2.00 bits per heavy atom. The van der Waals surface area contributed by atoms with Crippen LogP contribution in [0.2, 0.25) is 0 Å². The first-order valence-electron chi connectivity index (χ1n) is 9.25. The van der Waals surface area contributed by atoms with Crippen molar-refractivity contribution in [2.75, 3.05) is 13.2 Å². The first kappa shape index (κ1) is 26.4. The highest BCUT2D eigenvalue weighted by Crippen LogP contribution is 2.04. The molecule has 0 unspecified atom stereocenters. The Hall–Kier alpha value is -2.57. The van der Waals surface area contributed by atoms with Crippen LogP contribution in [0, 0.1) is 0 Å². The van der Waals surface area contributed by atoms with E-state index in [-0.39, 0.29) is 19.3 Å². The minimum Gasteiger partial charge on any atom is -0.481 e. The molecule has 0 aliphatic rings. The van der Waals surface area contributed by atoms with Crippen molar-refractivity contribution in [3.63, 3.8) is 0 Å². The van der Waals surface area contributed by atoms with Gasteiger partial charge < -0.3 is 41.8 Å². The van der Waals surface area contributed by atoms with Crippen LogP contribution in [0.15, 0.2) is 0 Å². The average Bonchev–Trinajstić information content (AvgIpc) is 2.70. The zero-order valence-electron chi connectivity index (χ0n) is 16.3. The standard InChI is InChI=1S/C17H30N4O8/c1-2-3-4-12(16(28)19-10(7-22)5-6-14(25)26)20-17(29)13(9-24)21-15(27)11(18)8-23/h7,10-13,23-24H,2-6,8-9,18H2,1H3,(H,19,28)(H,20,29)(H,21,27)(H,25,26)/t10-,11-,12-,13-/m0/s1. The van der Waals surface area contributed by atoms with Crippen LogP contribution >= 0.6 is 0 Å². The normalized spacial score (nSPS) is 14.8. The molecule has 3 amide bonds. The fourth-order valence-corrected chi connectivity index (χ4v) is 2.24. The zero-order valence-corrected chi connectivity index (χ0v) is 16.3. The fourth-order valence-electron chi connectivity index (χ4n) is 2.24. The van der Waals surface area contributed by atoms with Crippen molar-refractivity contribution >= 4 is 30.0 Å². The van der Waals surface area contributed by atoms with Crippen molar-refractivity contribution in [3.05, 3.63) is 0 Å². The topological polar surface area (TPSA) is 208 Å². The number of hydrogen-bond donors (Lipinski definition) is 7. The molecule has 0 saturated carbocycles. The van der Waals surface area contributed by atoms with Gasteiger partial charge in [0.2, 0.25) is 17.7 Å². The molecule has 166 valence electrons. The Balaban J connectivity index is 5.07. The molecule has 0 aromatic heterocycles. The number of aliphatic carboxylic acids is 1. The monoisotopic (exact) mass is 418 g/mol. The zero-order chi connectivity index (χ0) is 22.4. The van der Waals surface area contributed by atoms with Gasteiger partial charge >= 0.3 is 5.97 Å². The summed E-state index contributed by atoms with van der Waals surface area (Å²) in [4.78, 5) is 58.2. The highest BCUT2D eigenvalue weighted by Gasteiger charge is 2.28. The molecule has 0 aromatic rings. The minimum absolute atomic E-state index is 0.104. The molecule has 12 nitrogen and oxygen atoms in total. The van der Waals surface area contributed by atoms with E-state index in [2.05, 4.69) is 16.0 Å². The number of rotatable bonds is 15. The van der Waals surface area contributed by atoms with E-state index in [4.69, 9.17) is 15.9 Å². The molecule has 4 atom stereocenters. The molecule has 0 fully saturated rings. The quantitative estimate of drug-likeness (QED) is 0.135. The number of carbonyl (C=O) groups excluding carboxylic acids is 4. The Morgan fingerprint density at radius 1 is 0.931 bits per heavy atom. The molecule has 0 rings (SSSR count). The molecule has 0 heterocycles. The number of unbranched alkanes of at least 4 members (excludes halogenated alkanes) is 1. The summed E-state index contributed by atoms with van der Waals surface area (Å²) in [5.74, 6) is -3.52. The van der Waals surface area contributed by atoms with Crippen LogP contribution in [0.1, 0.15) is 39.0 Å². The van der Waals surface area contributed by atoms with Gasteiger partial charge in [0, 0.05) is 6.42 Å². The van der Waals surface area contributed by atoms with E-state index in [0.29, 0.717) is 19.1 Å². The number of carbonyl (C=O) groups is 5. The minimum atomic E-state index is -1.40. The molecule has 0 spiro atoms. The van der Waals surface area contributed by atoms with Crippen LogP contribution in [0.5, 0.6) is 0 Å². The van der Waals surface area contributed by atoms with Crippen LogP contribution in [-0.4, -0.2) is 82.7 Å². The number of amides is 3. The van der Waals surface area contributed by atoms with Crippen molar-refractivity contribution in [3.8, 4) is 0 Å². The van der Waals surface area contributed by atoms with E-state index in [1.165, 1.54) is 0 Å². The van der Waals surface area contributed by atoms with Gasteiger partial charge in [0.05, 0.1) is 19.3 Å². The number of hydrogen-bond acceptors (Lipinski definition) is 8. The summed E-state index contributed by atoms with van der Waals surface area (Å²) in [5.41, 5.74) is 5.34. The molecule has 0 aliphatic heterocycles. The molecule has 0 radical (unpaired) electrons. The summed E-state index contributed by atoms with van der Waals surface area (Å²) in [6.07, 6.45) is 1.48. The number of nitrogens with one attached hydrogen (secondary N) is 3. The molecule has 0 bridgehead atoms. The molecule has 8 N–H and O–H groups in total. The van der Waals surface area contributed by atoms with Crippen LogP contribution in [0.25, 0.3) is 0 Å². The van der Waals surface area contributed by atoms with E-state index in [9.17, 15) is 29.1 Å². The molecule has 0 saturated heterocycles. The van der Waals surface area contributed by atoms with Gasteiger partial charge in [0.1, 0.15) is 24.4 Å². The lowest BCUT2D eigenvalue weighted by molar-refractivity contribution is -0.137. The Labute approximate surface area is 168 Å². The number of carboxylic acids is 1. The predicted octanol–water partition coefficient (Wildman–Crippen LogP) is -2.99. The van der Waals surface area contributed by atoms with E-state index in [1.807, 2.05) is 6.92 Å². The van der Waals surface area contributed by atoms with Gasteiger partial charge in [-0.05, 0) is 12.8 Å². The van der Waals surface area contributed by atoms with E-state index in [1.54, 1.807) is 0 Å². The third-order valence-corrected chi connectivity index (χ3v) is 3.99. The summed E-state index contributed by atoms with van der Waals surface area (Å²) >= 11 is 0. The van der Waals surface area contributed by atoms with E-state index < -0.39 is 61.1 Å². The fraction of sp³-hybridized carbons (Fsp3) is 0.706. The first-order chi connectivity index (χ1) is 13.7. The van der Waals surface area contributed by atoms with Gasteiger partial charge in [-0.3, -0.25) is 19.2 Å². The number of nitrogens with two attached hydrogens (primary N) is 1. The Morgan fingerprint density at radius 2 is 1.52 bits per heavy atom. The lowest BCUT2D eigenvalue weighted by atomic mass is 10.1. The van der Waals surface area contributed by atoms with Gasteiger partial charge in [0.25, 0.3) is 0 Å². The van der Waals surface area contributed by atoms with E-state index in [0.717, 1.165) is 0 Å². The smallest absolute Gasteiger partial charge is 0.303 e. The highest BCUT2D eigenvalue weighted by atomic mass is 16.4. The Kier molecular flexibility index (Phi) is 13.2. The summed E-state index contributed by atoms with van der Waals surface area (Å²) in [7, 11) is 0. The molecule has 0 aromatic carbocycles. The van der Waals surface area contributed by atoms with Gasteiger partial charge in [-0.25, -0.2) is 0 Å². The number of aliphatic hydroxyl groups excluding tert-OH is 2. The van der Waals surface area contributed by atoms with Crippen LogP contribution < -0.4 is 21.7 Å². The molecular weight excluding hydrogens is 388 g/mol. The van der Waals surface area contributed by atoms with Crippen molar-refractivity contribution < 1.29 is 39.3 Å². The van der Waals surface area contributed by atoms with Gasteiger partial charge in [0.15, 0.2) is 0 Å². The number of carboxylic acid groups (broad SMARTS) is 1. The molecule has 0 aliphatic carbocycles. The van der Waals surface area contributed by atoms with Gasteiger partial charge in [-0.1, -0.05) is 19.8 Å². The van der Waals surface area contributed by atoms with Crippen LogP contribution in [0.3, 0.4) is 0 Å². The van der Waals surface area contributed by atoms with Gasteiger partial charge in [-0.2, -0.15) is 0 Å². The lowest BCUT2D eigenvalue weighted by Gasteiger charge is -2.24. The number of aldehydes is 1. The number of aliphatic hydroxyl groups is 2.